The average Bonchev–Trinajstić information content (AvgIpc) is 2.57. The van der Waals surface area contributed by atoms with Gasteiger partial charge in [0.25, 0.3) is 0 Å². The van der Waals surface area contributed by atoms with E-state index in [9.17, 15) is 4.79 Å². The Morgan fingerprint density at radius 2 is 2.33 bits per heavy atom. The number of carbonyl (C=O) groups is 1. The maximum absolute atomic E-state index is 10.1. The van der Waals surface area contributed by atoms with Gasteiger partial charge in [-0.1, -0.05) is 18.2 Å². The highest BCUT2D eigenvalue weighted by molar-refractivity contribution is 5.76. The zero-order valence-electron chi connectivity index (χ0n) is 8.43. The molecule has 3 heteroatoms. The molecule has 0 spiro atoms. The van der Waals surface area contributed by atoms with E-state index in [1.807, 2.05) is 37.3 Å². The van der Waals surface area contributed by atoms with Crippen LogP contribution in [0.4, 0.5) is 0 Å². The molecule has 2 aromatic rings. The summed E-state index contributed by atoms with van der Waals surface area (Å²) < 4.78 is 5.40. The van der Waals surface area contributed by atoms with Crippen LogP contribution in [0.5, 0.6) is 0 Å². The molecule has 0 unspecified atom stereocenters. The summed E-state index contributed by atoms with van der Waals surface area (Å²) in [6.07, 6.45) is 5.02. The third-order valence-corrected chi connectivity index (χ3v) is 2.06. The van der Waals surface area contributed by atoms with Crippen molar-refractivity contribution < 1.29 is 9.21 Å². The van der Waals surface area contributed by atoms with Crippen molar-refractivity contribution in [3.05, 3.63) is 35.7 Å². The Morgan fingerprint density at radius 3 is 3.13 bits per heavy atom. The Kier molecular flexibility index (Phi) is 2.63. The van der Waals surface area contributed by atoms with Gasteiger partial charge < -0.3 is 9.21 Å². The number of aromatic nitrogens is 1. The molecule has 0 N–H and O–H groups in total. The van der Waals surface area contributed by atoms with Gasteiger partial charge in [-0.25, -0.2) is 4.98 Å². The first-order chi connectivity index (χ1) is 7.29. The maximum Gasteiger partial charge on any atom is 0.192 e. The van der Waals surface area contributed by atoms with Gasteiger partial charge in [0.05, 0.1) is 0 Å². The molecule has 0 saturated heterocycles. The van der Waals surface area contributed by atoms with Crippen molar-refractivity contribution in [1.82, 2.24) is 4.98 Å². The van der Waals surface area contributed by atoms with E-state index in [0.29, 0.717) is 12.3 Å². The quantitative estimate of drug-likeness (QED) is 0.717. The Hall–Kier alpha value is -1.90. The van der Waals surface area contributed by atoms with Gasteiger partial charge in [0.1, 0.15) is 11.8 Å². The topological polar surface area (TPSA) is 43.1 Å². The van der Waals surface area contributed by atoms with Crippen LogP contribution in [0.1, 0.15) is 17.9 Å². The Labute approximate surface area is 87.4 Å². The molecule has 0 atom stereocenters. The highest BCUT2D eigenvalue weighted by atomic mass is 16.3. The van der Waals surface area contributed by atoms with E-state index in [-0.39, 0.29) is 0 Å². The molecule has 0 amide bonds. The van der Waals surface area contributed by atoms with Crippen molar-refractivity contribution in [2.45, 2.75) is 13.3 Å². The second-order valence-electron chi connectivity index (χ2n) is 3.26. The number of nitrogens with zero attached hydrogens (tertiary/aromatic N) is 1. The highest BCUT2D eigenvalue weighted by Gasteiger charge is 2.00. The third kappa shape index (κ3) is 2.13. The summed E-state index contributed by atoms with van der Waals surface area (Å²) in [5.74, 6) is 0.666. The largest absolute Gasteiger partial charge is 0.441 e. The van der Waals surface area contributed by atoms with Crippen LogP contribution in [0, 0.1) is 6.92 Å². The summed E-state index contributed by atoms with van der Waals surface area (Å²) in [5, 5.41) is 0. The molecule has 0 saturated carbocycles. The van der Waals surface area contributed by atoms with Crippen LogP contribution in [-0.4, -0.2) is 11.3 Å². The minimum atomic E-state index is 0.438. The van der Waals surface area contributed by atoms with E-state index < -0.39 is 0 Å². The Morgan fingerprint density at radius 1 is 1.47 bits per heavy atom. The SMILES string of the molecule is Cc1nc2ccc(C=CCC=O)cc2o1. The lowest BCUT2D eigenvalue weighted by atomic mass is 10.2. The van der Waals surface area contributed by atoms with Crippen LogP contribution >= 0.6 is 0 Å². The normalized spacial score (nSPS) is 11.3. The van der Waals surface area contributed by atoms with Crippen LogP contribution in [0.3, 0.4) is 0 Å². The summed E-state index contributed by atoms with van der Waals surface area (Å²) in [6.45, 7) is 1.82. The van der Waals surface area contributed by atoms with E-state index in [4.69, 9.17) is 4.42 Å². The van der Waals surface area contributed by atoms with Gasteiger partial charge in [-0.3, -0.25) is 0 Å². The van der Waals surface area contributed by atoms with Gasteiger partial charge >= 0.3 is 0 Å². The molecule has 0 fully saturated rings. The maximum atomic E-state index is 10.1. The van der Waals surface area contributed by atoms with Crippen LogP contribution in [0.15, 0.2) is 28.7 Å². The molecule has 1 aromatic carbocycles. The van der Waals surface area contributed by atoms with Gasteiger partial charge in [0, 0.05) is 13.3 Å². The van der Waals surface area contributed by atoms with Gasteiger partial charge in [-0.05, 0) is 17.7 Å². The van der Waals surface area contributed by atoms with E-state index in [1.165, 1.54) is 0 Å². The highest BCUT2D eigenvalue weighted by Crippen LogP contribution is 2.17. The zero-order valence-corrected chi connectivity index (χ0v) is 8.43. The molecular formula is C12H11NO2. The van der Waals surface area contributed by atoms with E-state index >= 15 is 0 Å². The second kappa shape index (κ2) is 4.09. The van der Waals surface area contributed by atoms with Crippen LogP contribution in [0.2, 0.25) is 0 Å². The number of oxazole rings is 1. The molecule has 3 nitrogen and oxygen atoms in total. The smallest absolute Gasteiger partial charge is 0.192 e. The Balaban J connectivity index is 2.33. The van der Waals surface area contributed by atoms with Gasteiger partial charge in [-0.2, -0.15) is 0 Å². The molecule has 76 valence electrons. The van der Waals surface area contributed by atoms with E-state index in [2.05, 4.69) is 4.98 Å². The van der Waals surface area contributed by atoms with Crippen LogP contribution in [0.25, 0.3) is 17.2 Å². The summed E-state index contributed by atoms with van der Waals surface area (Å²) in [4.78, 5) is 14.3. The number of aldehydes is 1. The average molecular weight is 201 g/mol. The van der Waals surface area contributed by atoms with E-state index in [0.717, 1.165) is 22.9 Å². The van der Waals surface area contributed by atoms with Crippen molar-refractivity contribution >= 4 is 23.5 Å². The van der Waals surface area contributed by atoms with Crippen LogP contribution in [-0.2, 0) is 4.79 Å². The standard InChI is InChI=1S/C12H11NO2/c1-9-13-11-6-5-10(4-2-3-7-14)8-12(11)15-9/h2,4-8H,3H2,1H3. The number of benzene rings is 1. The molecule has 0 aliphatic heterocycles. The van der Waals surface area contributed by atoms with Crippen LogP contribution < -0.4 is 0 Å². The minimum Gasteiger partial charge on any atom is -0.441 e. The number of carbonyl (C=O) groups excluding carboxylic acids is 1. The molecule has 2 rings (SSSR count). The molecule has 0 bridgehead atoms. The van der Waals surface area contributed by atoms with Gasteiger partial charge in [-0.15, -0.1) is 0 Å². The first kappa shape index (κ1) is 9.65. The molecule has 1 aromatic heterocycles. The fraction of sp³-hybridized carbons (Fsp3) is 0.167. The Bertz CT molecular complexity index is 511. The van der Waals surface area contributed by atoms with E-state index in [1.54, 1.807) is 0 Å². The molecular weight excluding hydrogens is 190 g/mol. The van der Waals surface area contributed by atoms with Gasteiger partial charge in [0.2, 0.25) is 0 Å². The number of hydrogen-bond donors (Lipinski definition) is 0. The molecule has 0 radical (unpaired) electrons. The molecule has 0 aliphatic carbocycles. The minimum absolute atomic E-state index is 0.438. The van der Waals surface area contributed by atoms with Crippen molar-refractivity contribution in [3.8, 4) is 0 Å². The number of aryl methyl sites for hydroxylation is 1. The van der Waals surface area contributed by atoms with Crippen molar-refractivity contribution in [2.24, 2.45) is 0 Å². The van der Waals surface area contributed by atoms with Crippen molar-refractivity contribution in [2.75, 3.05) is 0 Å². The first-order valence-electron chi connectivity index (χ1n) is 4.77. The lowest BCUT2D eigenvalue weighted by molar-refractivity contribution is -0.107. The van der Waals surface area contributed by atoms with Gasteiger partial charge in [0.15, 0.2) is 11.5 Å². The first-order valence-corrected chi connectivity index (χ1v) is 4.77. The fourth-order valence-corrected chi connectivity index (χ4v) is 1.42. The summed E-state index contributed by atoms with van der Waals surface area (Å²) in [5.41, 5.74) is 2.65. The molecule has 1 heterocycles. The summed E-state index contributed by atoms with van der Waals surface area (Å²) >= 11 is 0. The second-order valence-corrected chi connectivity index (χ2v) is 3.26. The van der Waals surface area contributed by atoms with Crippen molar-refractivity contribution in [3.63, 3.8) is 0 Å². The fourth-order valence-electron chi connectivity index (χ4n) is 1.42. The summed E-state index contributed by atoms with van der Waals surface area (Å²) in [6, 6.07) is 5.77. The number of fused-ring (bicyclic) bond motifs is 1. The third-order valence-electron chi connectivity index (χ3n) is 2.06. The summed E-state index contributed by atoms with van der Waals surface area (Å²) in [7, 11) is 0. The lowest BCUT2D eigenvalue weighted by Crippen LogP contribution is -1.73. The predicted molar refractivity (Wildman–Crippen MR) is 58.5 cm³/mol. The molecule has 0 aliphatic rings. The zero-order chi connectivity index (χ0) is 10.7. The number of rotatable bonds is 3. The number of allylic oxidation sites excluding steroid dienone is 1. The lowest BCUT2D eigenvalue weighted by Gasteiger charge is -1.91. The monoisotopic (exact) mass is 201 g/mol. The van der Waals surface area contributed by atoms with Crippen molar-refractivity contribution in [1.29, 1.82) is 0 Å². The predicted octanol–water partition coefficient (Wildman–Crippen LogP) is 2.74. The molecule has 15 heavy (non-hydrogen) atoms. The number of hydrogen-bond acceptors (Lipinski definition) is 3.